The highest BCUT2D eigenvalue weighted by atomic mass is 32.2. The van der Waals surface area contributed by atoms with Gasteiger partial charge in [0.25, 0.3) is 5.91 Å². The van der Waals surface area contributed by atoms with Crippen molar-refractivity contribution in [1.29, 1.82) is 0 Å². The summed E-state index contributed by atoms with van der Waals surface area (Å²) in [7, 11) is -3.88. The molecule has 3 N–H and O–H groups in total. The number of sulfonamides is 1. The predicted molar refractivity (Wildman–Crippen MR) is 104 cm³/mol. The topological polar surface area (TPSA) is 125 Å². The monoisotopic (exact) mass is 404 g/mol. The van der Waals surface area contributed by atoms with Crippen molar-refractivity contribution < 1.29 is 27.5 Å². The number of anilines is 1. The van der Waals surface area contributed by atoms with Crippen LogP contribution in [0.25, 0.3) is 6.08 Å². The molecule has 2 aromatic rings. The molecule has 0 spiro atoms. The second-order valence-electron chi connectivity index (χ2n) is 5.56. The maximum Gasteiger partial charge on any atom is 0.331 e. The lowest BCUT2D eigenvalue weighted by atomic mass is 10.2. The summed E-state index contributed by atoms with van der Waals surface area (Å²) < 4.78 is 32.8. The Bertz CT molecular complexity index is 968. The highest BCUT2D eigenvalue weighted by molar-refractivity contribution is 7.89. The first-order valence-electron chi connectivity index (χ1n) is 8.28. The molecular weight excluding hydrogens is 384 g/mol. The van der Waals surface area contributed by atoms with E-state index in [1.807, 2.05) is 6.92 Å². The number of ether oxygens (including phenoxy) is 2. The molecule has 1 amide bonds. The van der Waals surface area contributed by atoms with E-state index in [-0.39, 0.29) is 10.6 Å². The molecule has 8 nitrogen and oxygen atoms in total. The molecule has 2 rings (SSSR count). The fourth-order valence-electron chi connectivity index (χ4n) is 2.14. The number of esters is 1. The highest BCUT2D eigenvalue weighted by Gasteiger charge is 2.10. The molecule has 0 aliphatic heterocycles. The van der Waals surface area contributed by atoms with Crippen molar-refractivity contribution in [1.82, 2.24) is 0 Å². The number of rotatable bonds is 8. The quantitative estimate of drug-likeness (QED) is 0.512. The summed E-state index contributed by atoms with van der Waals surface area (Å²) in [5, 5.41) is 7.46. The molecule has 0 saturated carbocycles. The Morgan fingerprint density at radius 2 is 1.86 bits per heavy atom. The number of carbonyl (C=O) groups is 2. The van der Waals surface area contributed by atoms with Crippen LogP contribution >= 0.6 is 0 Å². The maximum atomic E-state index is 11.8. The van der Waals surface area contributed by atoms with Crippen molar-refractivity contribution in [2.45, 2.75) is 11.8 Å². The fraction of sp³-hybridized carbons (Fsp3) is 0.158. The molecule has 0 aliphatic carbocycles. The predicted octanol–water partition coefficient (Wildman–Crippen LogP) is 1.93. The Morgan fingerprint density at radius 1 is 1.14 bits per heavy atom. The van der Waals surface area contributed by atoms with Gasteiger partial charge in [-0.15, -0.1) is 0 Å². The van der Waals surface area contributed by atoms with E-state index in [2.05, 4.69) is 5.32 Å². The van der Waals surface area contributed by atoms with E-state index >= 15 is 0 Å². The lowest BCUT2D eigenvalue weighted by Gasteiger charge is -2.07. The molecule has 0 heterocycles. The summed E-state index contributed by atoms with van der Waals surface area (Å²) in [5.74, 6) is -0.581. The summed E-state index contributed by atoms with van der Waals surface area (Å²) in [4.78, 5) is 23.4. The molecule has 9 heteroatoms. The van der Waals surface area contributed by atoms with Gasteiger partial charge in [0.15, 0.2) is 6.61 Å². The third-order valence-corrected chi connectivity index (χ3v) is 4.31. The van der Waals surface area contributed by atoms with E-state index < -0.39 is 28.5 Å². The minimum absolute atomic E-state index is 0.138. The van der Waals surface area contributed by atoms with Crippen LogP contribution in [0.2, 0.25) is 0 Å². The van der Waals surface area contributed by atoms with Crippen LogP contribution in [0.3, 0.4) is 0 Å². The number of carbonyl (C=O) groups excluding carboxylic acids is 2. The number of amides is 1. The fourth-order valence-corrected chi connectivity index (χ4v) is 2.70. The molecule has 148 valence electrons. The number of primary sulfonamides is 1. The van der Waals surface area contributed by atoms with Crippen LogP contribution in [0.5, 0.6) is 5.75 Å². The van der Waals surface area contributed by atoms with Gasteiger partial charge in [-0.1, -0.05) is 18.2 Å². The van der Waals surface area contributed by atoms with Gasteiger partial charge >= 0.3 is 5.97 Å². The average Bonchev–Trinajstić information content (AvgIpc) is 2.65. The van der Waals surface area contributed by atoms with Gasteiger partial charge in [0.05, 0.1) is 11.5 Å². The average molecular weight is 404 g/mol. The summed E-state index contributed by atoms with van der Waals surface area (Å²) >= 11 is 0. The SMILES string of the molecule is CCOc1ccc(/C=C/C(=O)OCC(=O)Nc2cccc(S(N)(=O)=O)c2)cc1. The summed E-state index contributed by atoms with van der Waals surface area (Å²) in [6.45, 7) is 1.93. The summed E-state index contributed by atoms with van der Waals surface area (Å²) in [5.41, 5.74) is 0.988. The van der Waals surface area contributed by atoms with Crippen LogP contribution < -0.4 is 15.2 Å². The molecule has 0 fully saturated rings. The second-order valence-corrected chi connectivity index (χ2v) is 7.13. The standard InChI is InChI=1S/C19H20N2O6S/c1-2-26-16-9-6-14(7-10-16)8-11-19(23)27-13-18(22)21-15-4-3-5-17(12-15)28(20,24)25/h3-12H,2,13H2,1H3,(H,21,22)(H2,20,24,25)/b11-8+. The minimum Gasteiger partial charge on any atom is -0.494 e. The number of nitrogens with two attached hydrogens (primary N) is 1. The number of benzene rings is 2. The largest absolute Gasteiger partial charge is 0.494 e. The molecule has 0 radical (unpaired) electrons. The number of nitrogens with one attached hydrogen (secondary N) is 1. The van der Waals surface area contributed by atoms with Crippen molar-refractivity contribution in [3.63, 3.8) is 0 Å². The van der Waals surface area contributed by atoms with Gasteiger partial charge in [0.2, 0.25) is 10.0 Å². The van der Waals surface area contributed by atoms with Crippen molar-refractivity contribution >= 4 is 33.7 Å². The lowest BCUT2D eigenvalue weighted by Crippen LogP contribution is -2.20. The first-order valence-corrected chi connectivity index (χ1v) is 9.83. The zero-order chi connectivity index (χ0) is 20.6. The van der Waals surface area contributed by atoms with Gasteiger partial charge in [-0.25, -0.2) is 18.4 Å². The Kier molecular flexibility index (Phi) is 7.30. The molecule has 0 bridgehead atoms. The molecule has 0 atom stereocenters. The zero-order valence-electron chi connectivity index (χ0n) is 15.1. The van der Waals surface area contributed by atoms with E-state index in [0.717, 1.165) is 11.3 Å². The van der Waals surface area contributed by atoms with E-state index in [1.165, 1.54) is 30.3 Å². The van der Waals surface area contributed by atoms with E-state index in [1.54, 1.807) is 30.3 Å². The van der Waals surface area contributed by atoms with Crippen LogP contribution in [-0.2, 0) is 24.3 Å². The van der Waals surface area contributed by atoms with Crippen LogP contribution in [0.15, 0.2) is 59.5 Å². The van der Waals surface area contributed by atoms with Gasteiger partial charge in [-0.2, -0.15) is 0 Å². The number of hydrogen-bond donors (Lipinski definition) is 2. The van der Waals surface area contributed by atoms with Gasteiger partial charge in [0.1, 0.15) is 5.75 Å². The summed E-state index contributed by atoms with van der Waals surface area (Å²) in [6.07, 6.45) is 2.75. The normalized spacial score (nSPS) is 11.2. The first-order chi connectivity index (χ1) is 13.3. The van der Waals surface area contributed by atoms with Gasteiger partial charge in [-0.3, -0.25) is 4.79 Å². The van der Waals surface area contributed by atoms with Crippen LogP contribution in [0.1, 0.15) is 12.5 Å². The maximum absolute atomic E-state index is 11.8. The molecule has 0 saturated heterocycles. The third kappa shape index (κ3) is 6.86. The smallest absolute Gasteiger partial charge is 0.331 e. The van der Waals surface area contributed by atoms with Gasteiger partial charge in [-0.05, 0) is 48.9 Å². The Morgan fingerprint density at radius 3 is 2.50 bits per heavy atom. The molecular formula is C19H20N2O6S. The van der Waals surface area contributed by atoms with Gasteiger partial charge < -0.3 is 14.8 Å². The Balaban J connectivity index is 1.84. The molecule has 0 unspecified atom stereocenters. The molecule has 2 aromatic carbocycles. The van der Waals surface area contributed by atoms with E-state index in [9.17, 15) is 18.0 Å². The van der Waals surface area contributed by atoms with Crippen molar-refractivity contribution in [3.05, 3.63) is 60.2 Å². The van der Waals surface area contributed by atoms with Crippen LogP contribution in [0, 0.1) is 0 Å². The first kappa shape index (κ1) is 21.1. The van der Waals surface area contributed by atoms with Crippen molar-refractivity contribution in [2.24, 2.45) is 5.14 Å². The molecule has 0 aliphatic rings. The summed E-state index contributed by atoms with van der Waals surface area (Å²) in [6, 6.07) is 12.5. The minimum atomic E-state index is -3.88. The van der Waals surface area contributed by atoms with E-state index in [0.29, 0.717) is 6.61 Å². The van der Waals surface area contributed by atoms with E-state index in [4.69, 9.17) is 14.6 Å². The van der Waals surface area contributed by atoms with Gasteiger partial charge in [0, 0.05) is 11.8 Å². The second kappa shape index (κ2) is 9.67. The Hall–Kier alpha value is -3.17. The molecule has 0 aromatic heterocycles. The highest BCUT2D eigenvalue weighted by Crippen LogP contribution is 2.14. The zero-order valence-corrected chi connectivity index (χ0v) is 15.9. The van der Waals surface area contributed by atoms with Crippen LogP contribution in [0.4, 0.5) is 5.69 Å². The third-order valence-electron chi connectivity index (χ3n) is 3.39. The number of hydrogen-bond acceptors (Lipinski definition) is 6. The lowest BCUT2D eigenvalue weighted by molar-refractivity contribution is -0.142. The Labute approximate surface area is 163 Å². The van der Waals surface area contributed by atoms with Crippen LogP contribution in [-0.4, -0.2) is 33.5 Å². The van der Waals surface area contributed by atoms with Crippen molar-refractivity contribution in [2.75, 3.05) is 18.5 Å². The van der Waals surface area contributed by atoms with Crippen molar-refractivity contribution in [3.8, 4) is 5.75 Å². The molecule has 28 heavy (non-hydrogen) atoms.